The van der Waals surface area contributed by atoms with Crippen molar-refractivity contribution in [3.8, 4) is 33.9 Å². The molecule has 1 aromatic carbocycles. The van der Waals surface area contributed by atoms with E-state index >= 15 is 4.39 Å². The Morgan fingerprint density at radius 3 is 2.64 bits per heavy atom. The minimum absolute atomic E-state index is 0.0743. The molecule has 0 bridgehead atoms. The zero-order valence-electron chi connectivity index (χ0n) is 20.0. The van der Waals surface area contributed by atoms with Crippen LogP contribution in [0, 0.1) is 5.82 Å². The van der Waals surface area contributed by atoms with Crippen LogP contribution < -0.4 is 5.32 Å². The normalized spacial score (nSPS) is 11.3. The lowest BCUT2D eigenvalue weighted by molar-refractivity contribution is 0.102. The van der Waals surface area contributed by atoms with Crippen LogP contribution in [0.5, 0.6) is 0 Å². The number of hydrogen-bond donors (Lipinski definition) is 3. The summed E-state index contributed by atoms with van der Waals surface area (Å²) in [5.74, 6) is -0.475. The Hall–Kier alpha value is -5.29. The number of carbonyl (C=O) groups excluding carboxylic acids is 1. The average Bonchev–Trinajstić information content (AvgIpc) is 3.73. The first kappa shape index (κ1) is 22.9. The van der Waals surface area contributed by atoms with E-state index in [1.165, 1.54) is 18.6 Å². The largest absolute Gasteiger partial charge is 0.335 e. The molecule has 6 aromatic heterocycles. The lowest BCUT2D eigenvalue weighted by Crippen LogP contribution is -2.11. The molecule has 0 saturated heterocycles. The Kier molecular flexibility index (Phi) is 5.41. The van der Waals surface area contributed by atoms with E-state index in [4.69, 9.17) is 4.98 Å². The first-order chi connectivity index (χ1) is 19.2. The van der Waals surface area contributed by atoms with Crippen molar-refractivity contribution in [3.63, 3.8) is 0 Å². The highest BCUT2D eigenvalue weighted by Gasteiger charge is 2.21. The van der Waals surface area contributed by atoms with Gasteiger partial charge < -0.3 is 10.3 Å². The fourth-order valence-corrected chi connectivity index (χ4v) is 5.11. The number of imidazole rings is 1. The van der Waals surface area contributed by atoms with E-state index in [-0.39, 0.29) is 17.0 Å². The molecule has 39 heavy (non-hydrogen) atoms. The summed E-state index contributed by atoms with van der Waals surface area (Å²) in [4.78, 5) is 33.4. The predicted octanol–water partition coefficient (Wildman–Crippen LogP) is 6.08. The number of aromatic amines is 2. The molecule has 0 aliphatic carbocycles. The molecule has 1 amide bonds. The van der Waals surface area contributed by atoms with Gasteiger partial charge in [0.25, 0.3) is 5.91 Å². The molecule has 11 heteroatoms. The van der Waals surface area contributed by atoms with Crippen LogP contribution in [0.25, 0.3) is 55.8 Å². The van der Waals surface area contributed by atoms with Gasteiger partial charge in [0.15, 0.2) is 11.6 Å². The Balaban J connectivity index is 1.29. The molecule has 9 nitrogen and oxygen atoms in total. The number of nitrogens with one attached hydrogen (secondary N) is 3. The second-order valence-electron chi connectivity index (χ2n) is 8.74. The van der Waals surface area contributed by atoms with Crippen LogP contribution in [0.2, 0.25) is 0 Å². The minimum Gasteiger partial charge on any atom is -0.335 e. The Bertz CT molecular complexity index is 1980. The number of amides is 1. The lowest BCUT2D eigenvalue weighted by atomic mass is 10.1. The molecular weight excluding hydrogens is 515 g/mol. The molecule has 0 unspecified atom stereocenters. The molecule has 6 heterocycles. The maximum atomic E-state index is 16.1. The number of pyridine rings is 3. The van der Waals surface area contributed by atoms with Crippen molar-refractivity contribution in [2.45, 2.75) is 0 Å². The quantitative estimate of drug-likeness (QED) is 0.247. The smallest absolute Gasteiger partial charge is 0.255 e. The maximum absolute atomic E-state index is 16.1. The van der Waals surface area contributed by atoms with Crippen molar-refractivity contribution in [2.75, 3.05) is 5.32 Å². The Morgan fingerprint density at radius 2 is 1.79 bits per heavy atom. The zero-order chi connectivity index (χ0) is 26.3. The average molecular weight is 533 g/mol. The van der Waals surface area contributed by atoms with Crippen LogP contribution in [0.4, 0.5) is 10.1 Å². The van der Waals surface area contributed by atoms with Crippen molar-refractivity contribution in [2.24, 2.45) is 0 Å². The van der Waals surface area contributed by atoms with Gasteiger partial charge in [0.1, 0.15) is 16.9 Å². The van der Waals surface area contributed by atoms with Crippen molar-refractivity contribution in [1.82, 2.24) is 35.1 Å². The second-order valence-corrected chi connectivity index (χ2v) is 9.52. The van der Waals surface area contributed by atoms with Crippen LogP contribution in [0.1, 0.15) is 10.4 Å². The molecule has 188 valence electrons. The van der Waals surface area contributed by atoms with Gasteiger partial charge in [-0.15, -0.1) is 0 Å². The third kappa shape index (κ3) is 4.01. The third-order valence-corrected chi connectivity index (χ3v) is 6.98. The van der Waals surface area contributed by atoms with Crippen LogP contribution in [-0.2, 0) is 0 Å². The van der Waals surface area contributed by atoms with Gasteiger partial charge in [-0.05, 0) is 40.6 Å². The van der Waals surface area contributed by atoms with Gasteiger partial charge in [0, 0.05) is 29.1 Å². The van der Waals surface area contributed by atoms with Crippen LogP contribution in [-0.4, -0.2) is 41.0 Å². The number of halogens is 1. The Morgan fingerprint density at radius 1 is 0.923 bits per heavy atom. The van der Waals surface area contributed by atoms with Gasteiger partial charge in [-0.3, -0.25) is 24.8 Å². The van der Waals surface area contributed by atoms with Gasteiger partial charge >= 0.3 is 0 Å². The van der Waals surface area contributed by atoms with Crippen LogP contribution >= 0.6 is 11.3 Å². The van der Waals surface area contributed by atoms with Gasteiger partial charge in [0.2, 0.25) is 0 Å². The molecule has 0 spiro atoms. The molecule has 0 atom stereocenters. The second kappa shape index (κ2) is 9.23. The first-order valence-electron chi connectivity index (χ1n) is 11.9. The maximum Gasteiger partial charge on any atom is 0.255 e. The van der Waals surface area contributed by atoms with Crippen LogP contribution in [0.3, 0.4) is 0 Å². The van der Waals surface area contributed by atoms with Gasteiger partial charge in [-0.1, -0.05) is 18.2 Å². The van der Waals surface area contributed by atoms with Gasteiger partial charge in [0.05, 0.1) is 40.7 Å². The summed E-state index contributed by atoms with van der Waals surface area (Å²) in [6.07, 6.45) is 7.95. The van der Waals surface area contributed by atoms with Crippen molar-refractivity contribution < 1.29 is 9.18 Å². The molecule has 7 aromatic rings. The third-order valence-electron chi connectivity index (χ3n) is 6.30. The van der Waals surface area contributed by atoms with E-state index in [2.05, 4.69) is 35.5 Å². The van der Waals surface area contributed by atoms with E-state index in [1.807, 2.05) is 22.9 Å². The number of benzene rings is 1. The summed E-state index contributed by atoms with van der Waals surface area (Å²) in [5.41, 5.74) is 5.45. The molecule has 0 radical (unpaired) electrons. The van der Waals surface area contributed by atoms with E-state index in [1.54, 1.807) is 54.1 Å². The molecule has 0 fully saturated rings. The summed E-state index contributed by atoms with van der Waals surface area (Å²) in [6.45, 7) is 0. The van der Waals surface area contributed by atoms with Crippen LogP contribution in [0.15, 0.2) is 84.2 Å². The number of carbonyl (C=O) groups is 1. The summed E-state index contributed by atoms with van der Waals surface area (Å²) in [6, 6.07) is 12.4. The van der Waals surface area contributed by atoms with Gasteiger partial charge in [-0.25, -0.2) is 9.37 Å². The van der Waals surface area contributed by atoms with E-state index < -0.39 is 5.82 Å². The van der Waals surface area contributed by atoms with E-state index in [0.717, 1.165) is 16.6 Å². The standard InChI is InChI=1S/C28H17FN8OS/c29-23-22-20(13-32-24(23)17-8-18(10-30-9-17)33-28(38)15-4-2-1-3-5-15)36-37-26(22)27-34-21-12-31-11-19(25(21)35-27)16-6-7-39-14-16/h1-14H,(H,33,38)(H,34,35)(H,36,37). The lowest BCUT2D eigenvalue weighted by Gasteiger charge is -2.08. The van der Waals surface area contributed by atoms with Crippen molar-refractivity contribution >= 4 is 44.9 Å². The molecular formula is C28H17FN8OS. The summed E-state index contributed by atoms with van der Waals surface area (Å²) >= 11 is 1.59. The number of H-pyrrole nitrogens is 2. The summed E-state index contributed by atoms with van der Waals surface area (Å²) in [5, 5.41) is 14.3. The first-order valence-corrected chi connectivity index (χ1v) is 12.8. The number of thiophene rings is 1. The molecule has 7 rings (SSSR count). The number of rotatable bonds is 5. The fourth-order valence-electron chi connectivity index (χ4n) is 4.45. The monoisotopic (exact) mass is 532 g/mol. The topological polar surface area (TPSA) is 125 Å². The zero-order valence-corrected chi connectivity index (χ0v) is 20.8. The van der Waals surface area contributed by atoms with E-state index in [0.29, 0.717) is 39.4 Å². The van der Waals surface area contributed by atoms with Crippen molar-refractivity contribution in [3.05, 3.63) is 95.6 Å². The SMILES string of the molecule is O=C(Nc1cncc(-c2ncc3[nH]nc(-c4nc5c(-c6ccsc6)cncc5[nH]4)c3c2F)c1)c1ccccc1. The number of anilines is 1. The molecule has 0 aliphatic heterocycles. The Labute approximate surface area is 223 Å². The number of hydrogen-bond acceptors (Lipinski definition) is 7. The highest BCUT2D eigenvalue weighted by Crippen LogP contribution is 2.34. The minimum atomic E-state index is -0.582. The number of aromatic nitrogens is 7. The highest BCUT2D eigenvalue weighted by atomic mass is 32.1. The molecule has 0 saturated carbocycles. The fraction of sp³-hybridized carbons (Fsp3) is 0. The van der Waals surface area contributed by atoms with E-state index in [9.17, 15) is 4.79 Å². The summed E-state index contributed by atoms with van der Waals surface area (Å²) < 4.78 is 16.1. The molecule has 0 aliphatic rings. The molecule has 3 N–H and O–H groups in total. The highest BCUT2D eigenvalue weighted by molar-refractivity contribution is 7.08. The number of fused-ring (bicyclic) bond motifs is 2. The summed E-state index contributed by atoms with van der Waals surface area (Å²) in [7, 11) is 0. The predicted molar refractivity (Wildman–Crippen MR) is 148 cm³/mol. The van der Waals surface area contributed by atoms with Gasteiger partial charge in [-0.2, -0.15) is 16.4 Å². The number of nitrogens with zero attached hydrogens (tertiary/aromatic N) is 5. The van der Waals surface area contributed by atoms with Crippen molar-refractivity contribution in [1.29, 1.82) is 0 Å².